The van der Waals surface area contributed by atoms with E-state index in [1.807, 2.05) is 6.92 Å². The molecule has 1 aromatic rings. The van der Waals surface area contributed by atoms with Gasteiger partial charge in [-0.15, -0.1) is 0 Å². The van der Waals surface area contributed by atoms with Gasteiger partial charge in [0.2, 0.25) is 0 Å². The molecule has 1 saturated carbocycles. The molecule has 0 bridgehead atoms. The highest BCUT2D eigenvalue weighted by Crippen LogP contribution is 2.33. The van der Waals surface area contributed by atoms with Crippen LogP contribution < -0.4 is 16.0 Å². The van der Waals surface area contributed by atoms with Gasteiger partial charge < -0.3 is 16.0 Å². The zero-order chi connectivity index (χ0) is 20.6. The van der Waals surface area contributed by atoms with E-state index in [0.717, 1.165) is 31.7 Å². The van der Waals surface area contributed by atoms with Gasteiger partial charge in [0.25, 0.3) is 0 Å². The molecule has 0 spiro atoms. The first-order valence-corrected chi connectivity index (χ1v) is 10.8. The lowest BCUT2D eigenvalue weighted by Gasteiger charge is -2.30. The third-order valence-corrected chi connectivity index (χ3v) is 6.41. The molecule has 2 rings (SSSR count). The molecule has 3 atom stereocenters. The summed E-state index contributed by atoms with van der Waals surface area (Å²) in [6.45, 7) is 2.57. The third kappa shape index (κ3) is 6.65. The minimum absolute atomic E-state index is 0.183. The highest BCUT2D eigenvalue weighted by atomic mass is 32.2. The van der Waals surface area contributed by atoms with Crippen LogP contribution in [0.1, 0.15) is 38.2 Å². The smallest absolute Gasteiger partial charge is 0.368 e. The lowest BCUT2D eigenvalue weighted by atomic mass is 9.95. The van der Waals surface area contributed by atoms with Crippen molar-refractivity contribution in [3.05, 3.63) is 23.9 Å². The second kappa shape index (κ2) is 10.6. The van der Waals surface area contributed by atoms with Crippen LogP contribution in [0, 0.1) is 0 Å². The SMILES string of the molecule is CCS(=O)C1CCCC(NC(=NC)NCCNc2ncccc2C(F)(F)F)C1. The van der Waals surface area contributed by atoms with Crippen LogP contribution >= 0.6 is 0 Å². The zero-order valence-electron chi connectivity index (χ0n) is 16.2. The van der Waals surface area contributed by atoms with Crippen molar-refractivity contribution in [1.82, 2.24) is 15.6 Å². The Morgan fingerprint density at radius 1 is 1.36 bits per heavy atom. The second-order valence-corrected chi connectivity index (χ2v) is 8.63. The molecule has 0 radical (unpaired) electrons. The highest BCUT2D eigenvalue weighted by molar-refractivity contribution is 7.85. The predicted molar refractivity (Wildman–Crippen MR) is 107 cm³/mol. The normalized spacial score (nSPS) is 21.8. The molecule has 0 saturated heterocycles. The molecule has 10 heteroatoms. The van der Waals surface area contributed by atoms with Crippen molar-refractivity contribution in [2.45, 2.75) is 50.1 Å². The number of rotatable bonds is 7. The average Bonchev–Trinajstić information content (AvgIpc) is 2.69. The zero-order valence-corrected chi connectivity index (χ0v) is 17.0. The Morgan fingerprint density at radius 3 is 2.82 bits per heavy atom. The molecule has 158 valence electrons. The number of nitrogens with one attached hydrogen (secondary N) is 3. The number of guanidine groups is 1. The number of alkyl halides is 3. The van der Waals surface area contributed by atoms with E-state index in [0.29, 0.717) is 18.3 Å². The predicted octanol–water partition coefficient (Wildman–Crippen LogP) is 2.76. The summed E-state index contributed by atoms with van der Waals surface area (Å²) in [5.41, 5.74) is -0.783. The fourth-order valence-corrected chi connectivity index (χ4v) is 4.62. The molecular weight excluding hydrogens is 391 g/mol. The number of aromatic nitrogens is 1. The van der Waals surface area contributed by atoms with Crippen LogP contribution in [0.15, 0.2) is 23.3 Å². The fourth-order valence-electron chi connectivity index (χ4n) is 3.28. The maximum atomic E-state index is 13.0. The van der Waals surface area contributed by atoms with Gasteiger partial charge in [-0.25, -0.2) is 4.98 Å². The lowest BCUT2D eigenvalue weighted by Crippen LogP contribution is -2.47. The molecule has 0 aliphatic heterocycles. The van der Waals surface area contributed by atoms with Gasteiger partial charge in [0.15, 0.2) is 5.96 Å². The van der Waals surface area contributed by atoms with Crippen molar-refractivity contribution >= 4 is 22.6 Å². The van der Waals surface area contributed by atoms with Crippen molar-refractivity contribution < 1.29 is 17.4 Å². The summed E-state index contributed by atoms with van der Waals surface area (Å²) in [6, 6.07) is 2.46. The van der Waals surface area contributed by atoms with Gasteiger partial charge in [0.05, 0.1) is 5.56 Å². The third-order valence-electron chi connectivity index (χ3n) is 4.67. The average molecular weight is 420 g/mol. The molecule has 1 fully saturated rings. The minimum Gasteiger partial charge on any atom is -0.368 e. The van der Waals surface area contributed by atoms with Gasteiger partial charge in [0.1, 0.15) is 5.82 Å². The summed E-state index contributed by atoms with van der Waals surface area (Å²) < 4.78 is 51.0. The topological polar surface area (TPSA) is 78.4 Å². The number of aliphatic imine (C=N–C) groups is 1. The van der Waals surface area contributed by atoms with E-state index >= 15 is 0 Å². The van der Waals surface area contributed by atoms with E-state index < -0.39 is 22.5 Å². The van der Waals surface area contributed by atoms with Crippen LogP contribution in [0.4, 0.5) is 19.0 Å². The quantitative estimate of drug-likeness (QED) is 0.360. The maximum Gasteiger partial charge on any atom is 0.419 e. The molecule has 0 amide bonds. The number of halogens is 3. The van der Waals surface area contributed by atoms with Gasteiger partial charge in [-0.3, -0.25) is 9.20 Å². The van der Waals surface area contributed by atoms with Gasteiger partial charge in [-0.1, -0.05) is 13.3 Å². The monoisotopic (exact) mass is 419 g/mol. The van der Waals surface area contributed by atoms with Crippen LogP contribution in [0.5, 0.6) is 0 Å². The van der Waals surface area contributed by atoms with E-state index in [9.17, 15) is 17.4 Å². The summed E-state index contributed by atoms with van der Waals surface area (Å²) in [5.74, 6) is 1.08. The van der Waals surface area contributed by atoms with E-state index in [2.05, 4.69) is 25.9 Å². The van der Waals surface area contributed by atoms with Crippen LogP contribution in [0.25, 0.3) is 0 Å². The van der Waals surface area contributed by atoms with Gasteiger partial charge in [-0.05, 0) is 31.4 Å². The van der Waals surface area contributed by atoms with E-state index in [1.54, 1.807) is 7.05 Å². The molecule has 3 N–H and O–H groups in total. The maximum absolute atomic E-state index is 13.0. The number of anilines is 1. The first-order chi connectivity index (χ1) is 13.3. The van der Waals surface area contributed by atoms with Crippen LogP contribution in [0.3, 0.4) is 0 Å². The van der Waals surface area contributed by atoms with Crippen LogP contribution in [-0.2, 0) is 17.0 Å². The van der Waals surface area contributed by atoms with E-state index in [1.165, 1.54) is 12.3 Å². The molecule has 3 unspecified atom stereocenters. The second-order valence-electron chi connectivity index (χ2n) is 6.62. The summed E-state index contributed by atoms with van der Waals surface area (Å²) in [5, 5.41) is 9.35. The van der Waals surface area contributed by atoms with E-state index in [4.69, 9.17) is 0 Å². The first kappa shape index (κ1) is 22.4. The molecule has 6 nitrogen and oxygen atoms in total. The lowest BCUT2D eigenvalue weighted by molar-refractivity contribution is -0.137. The number of nitrogens with zero attached hydrogens (tertiary/aromatic N) is 2. The van der Waals surface area contributed by atoms with Crippen LogP contribution in [-0.4, -0.2) is 52.3 Å². The molecule has 1 heterocycles. The van der Waals surface area contributed by atoms with E-state index in [-0.39, 0.29) is 23.7 Å². The molecule has 1 aromatic heterocycles. The Kier molecular flexibility index (Phi) is 8.53. The Morgan fingerprint density at radius 2 is 2.14 bits per heavy atom. The van der Waals surface area contributed by atoms with Crippen molar-refractivity contribution in [2.24, 2.45) is 4.99 Å². The first-order valence-electron chi connectivity index (χ1n) is 9.45. The van der Waals surface area contributed by atoms with Crippen LogP contribution in [0.2, 0.25) is 0 Å². The highest BCUT2D eigenvalue weighted by Gasteiger charge is 2.34. The van der Waals surface area contributed by atoms with Gasteiger partial charge in [-0.2, -0.15) is 13.2 Å². The molecule has 0 aromatic carbocycles. The Labute approximate surface area is 166 Å². The summed E-state index contributed by atoms with van der Waals surface area (Å²) in [7, 11) is 0.849. The standard InChI is InChI=1S/C18H28F3N5OS/c1-3-28(27)14-7-4-6-13(12-14)26-17(22-2)25-11-10-24-16-15(18(19,20)21)8-5-9-23-16/h5,8-9,13-14H,3-4,6-7,10-12H2,1-2H3,(H,23,24)(H2,22,25,26). The van der Waals surface area contributed by atoms with Crippen molar-refractivity contribution in [3.8, 4) is 0 Å². The largest absolute Gasteiger partial charge is 0.419 e. The molecule has 1 aliphatic carbocycles. The Bertz CT molecular complexity index is 683. The molecule has 1 aliphatic rings. The summed E-state index contributed by atoms with van der Waals surface area (Å²) >= 11 is 0. The Hall–Kier alpha value is -1.84. The number of pyridine rings is 1. The molecular formula is C18H28F3N5OS. The summed E-state index contributed by atoms with van der Waals surface area (Å²) in [6.07, 6.45) is 0.706. The minimum atomic E-state index is -4.45. The number of hydrogen-bond acceptors (Lipinski definition) is 4. The van der Waals surface area contributed by atoms with Gasteiger partial charge in [0, 0.05) is 54.2 Å². The fraction of sp³-hybridized carbons (Fsp3) is 0.667. The van der Waals surface area contributed by atoms with Gasteiger partial charge >= 0.3 is 6.18 Å². The van der Waals surface area contributed by atoms with Crippen molar-refractivity contribution in [2.75, 3.05) is 31.2 Å². The summed E-state index contributed by atoms with van der Waals surface area (Å²) in [4.78, 5) is 7.94. The molecule has 28 heavy (non-hydrogen) atoms. The van der Waals surface area contributed by atoms with Crippen molar-refractivity contribution in [1.29, 1.82) is 0 Å². The Balaban J connectivity index is 1.80. The number of hydrogen-bond donors (Lipinski definition) is 3. The van der Waals surface area contributed by atoms with Crippen molar-refractivity contribution in [3.63, 3.8) is 0 Å².